The number of halogens is 3. The second kappa shape index (κ2) is 8.68. The Bertz CT molecular complexity index is 899. The predicted octanol–water partition coefficient (Wildman–Crippen LogP) is 3.75. The van der Waals surface area contributed by atoms with E-state index in [2.05, 4.69) is 0 Å². The first-order chi connectivity index (χ1) is 13.3. The molecule has 28 heavy (non-hydrogen) atoms. The van der Waals surface area contributed by atoms with Gasteiger partial charge in [-0.25, -0.2) is 13.2 Å². The summed E-state index contributed by atoms with van der Waals surface area (Å²) in [6.07, 6.45) is 0. The Morgan fingerprint density at radius 3 is 2.25 bits per heavy atom. The molecule has 2 aromatic carbocycles. The molecule has 0 radical (unpaired) electrons. The van der Waals surface area contributed by atoms with Gasteiger partial charge in [0.1, 0.15) is 5.82 Å². The maximum Gasteiger partial charge on any atom is 0.233 e. The monoisotopic (exact) mass is 408 g/mol. The van der Waals surface area contributed by atoms with E-state index in [1.165, 1.54) is 19.1 Å². The molecule has 2 aromatic rings. The van der Waals surface area contributed by atoms with E-state index in [0.29, 0.717) is 42.3 Å². The van der Waals surface area contributed by atoms with E-state index < -0.39 is 17.5 Å². The molecule has 1 aliphatic heterocycles. The van der Waals surface area contributed by atoms with Crippen molar-refractivity contribution in [3.63, 3.8) is 0 Å². The second-order valence-corrected chi connectivity index (χ2v) is 7.50. The van der Waals surface area contributed by atoms with Crippen LogP contribution in [-0.4, -0.2) is 48.5 Å². The molecule has 0 N–H and O–H groups in total. The highest BCUT2D eigenvalue weighted by atomic mass is 32.2. The third-order valence-corrected chi connectivity index (χ3v) is 5.56. The molecule has 0 spiro atoms. The van der Waals surface area contributed by atoms with Crippen molar-refractivity contribution in [2.45, 2.75) is 11.8 Å². The van der Waals surface area contributed by atoms with Gasteiger partial charge in [-0.15, -0.1) is 11.8 Å². The van der Waals surface area contributed by atoms with E-state index in [-0.39, 0.29) is 17.4 Å². The van der Waals surface area contributed by atoms with Crippen molar-refractivity contribution in [1.29, 1.82) is 0 Å². The molecule has 1 amide bonds. The lowest BCUT2D eigenvalue weighted by Crippen LogP contribution is -2.49. The van der Waals surface area contributed by atoms with Crippen LogP contribution in [0, 0.1) is 17.5 Å². The van der Waals surface area contributed by atoms with Crippen molar-refractivity contribution in [3.05, 3.63) is 59.4 Å². The average molecular weight is 408 g/mol. The Balaban J connectivity index is 1.54. The van der Waals surface area contributed by atoms with Crippen LogP contribution in [0.1, 0.15) is 17.3 Å². The van der Waals surface area contributed by atoms with Crippen LogP contribution < -0.4 is 4.90 Å². The number of anilines is 1. The van der Waals surface area contributed by atoms with Crippen molar-refractivity contribution >= 4 is 29.1 Å². The fourth-order valence-corrected chi connectivity index (χ4v) is 3.81. The zero-order chi connectivity index (χ0) is 20.3. The molecule has 8 heteroatoms. The van der Waals surface area contributed by atoms with Crippen molar-refractivity contribution in [3.8, 4) is 0 Å². The first kappa shape index (κ1) is 20.3. The van der Waals surface area contributed by atoms with Crippen LogP contribution in [-0.2, 0) is 4.79 Å². The van der Waals surface area contributed by atoms with Crippen LogP contribution >= 0.6 is 11.8 Å². The maximum absolute atomic E-state index is 14.3. The quantitative estimate of drug-likeness (QED) is 0.558. The fraction of sp³-hybridized carbons (Fsp3) is 0.300. The van der Waals surface area contributed by atoms with Gasteiger partial charge in [0.15, 0.2) is 17.4 Å². The van der Waals surface area contributed by atoms with Crippen LogP contribution in [0.3, 0.4) is 0 Å². The SMILES string of the molecule is CC(=O)c1ccc(N2CCN(C(=O)CSc3ccc(F)c(F)c3)CC2)c(F)c1. The fourth-order valence-electron chi connectivity index (χ4n) is 2.98. The van der Waals surface area contributed by atoms with Crippen LogP contribution in [0.2, 0.25) is 0 Å². The maximum atomic E-state index is 14.3. The summed E-state index contributed by atoms with van der Waals surface area (Å²) in [5.74, 6) is -2.51. The minimum atomic E-state index is -0.941. The zero-order valence-corrected chi connectivity index (χ0v) is 16.1. The van der Waals surface area contributed by atoms with Crippen LogP contribution in [0.5, 0.6) is 0 Å². The third-order valence-electron chi connectivity index (χ3n) is 4.58. The molecule has 4 nitrogen and oxygen atoms in total. The summed E-state index contributed by atoms with van der Waals surface area (Å²) in [6.45, 7) is 3.20. The highest BCUT2D eigenvalue weighted by molar-refractivity contribution is 8.00. The van der Waals surface area contributed by atoms with Gasteiger partial charge in [0.2, 0.25) is 5.91 Å². The van der Waals surface area contributed by atoms with Gasteiger partial charge in [-0.05, 0) is 43.3 Å². The normalized spacial score (nSPS) is 14.3. The molecule has 148 valence electrons. The molecular weight excluding hydrogens is 389 g/mol. The molecule has 0 aromatic heterocycles. The van der Waals surface area contributed by atoms with Crippen molar-refractivity contribution < 1.29 is 22.8 Å². The van der Waals surface area contributed by atoms with E-state index in [9.17, 15) is 22.8 Å². The summed E-state index contributed by atoms with van der Waals surface area (Å²) >= 11 is 1.15. The Morgan fingerprint density at radius 1 is 0.929 bits per heavy atom. The predicted molar refractivity (Wildman–Crippen MR) is 102 cm³/mol. The van der Waals surface area contributed by atoms with Crippen LogP contribution in [0.25, 0.3) is 0 Å². The van der Waals surface area contributed by atoms with E-state index in [4.69, 9.17) is 0 Å². The molecular formula is C20H19F3N2O2S. The van der Waals surface area contributed by atoms with E-state index in [1.54, 1.807) is 17.0 Å². The van der Waals surface area contributed by atoms with Crippen LogP contribution in [0.4, 0.5) is 18.9 Å². The molecule has 0 bridgehead atoms. The van der Waals surface area contributed by atoms with Gasteiger partial charge >= 0.3 is 0 Å². The Hall–Kier alpha value is -2.48. The minimum Gasteiger partial charge on any atom is -0.366 e. The highest BCUT2D eigenvalue weighted by Crippen LogP contribution is 2.24. The number of piperazine rings is 1. The lowest BCUT2D eigenvalue weighted by molar-refractivity contribution is -0.128. The molecule has 0 saturated carbocycles. The van der Waals surface area contributed by atoms with E-state index >= 15 is 0 Å². The number of carbonyl (C=O) groups excluding carboxylic acids is 2. The standard InChI is InChI=1S/C20H19F3N2O2S/c1-13(26)14-2-5-19(18(23)10-14)24-6-8-25(9-7-24)20(27)12-28-15-3-4-16(21)17(22)11-15/h2-5,10-11H,6-9,12H2,1H3. The molecule has 1 aliphatic rings. The topological polar surface area (TPSA) is 40.6 Å². The summed E-state index contributed by atoms with van der Waals surface area (Å²) in [5.41, 5.74) is 0.734. The average Bonchev–Trinajstić information content (AvgIpc) is 2.68. The number of hydrogen-bond donors (Lipinski definition) is 0. The number of benzene rings is 2. The van der Waals surface area contributed by atoms with Gasteiger partial charge < -0.3 is 9.80 Å². The van der Waals surface area contributed by atoms with Crippen LogP contribution in [0.15, 0.2) is 41.3 Å². The first-order valence-electron chi connectivity index (χ1n) is 8.76. The van der Waals surface area contributed by atoms with E-state index in [1.807, 2.05) is 4.90 Å². The number of Topliss-reactive ketones (excluding diaryl/α,β-unsaturated/α-hetero) is 1. The van der Waals surface area contributed by atoms with Gasteiger partial charge in [0.05, 0.1) is 11.4 Å². The summed E-state index contributed by atoms with van der Waals surface area (Å²) in [4.78, 5) is 27.7. The number of ketones is 1. The zero-order valence-electron chi connectivity index (χ0n) is 15.3. The Labute approximate surface area is 165 Å². The largest absolute Gasteiger partial charge is 0.366 e. The van der Waals surface area contributed by atoms with Gasteiger partial charge in [0.25, 0.3) is 0 Å². The summed E-state index contributed by atoms with van der Waals surface area (Å²) in [6, 6.07) is 7.94. The molecule has 1 heterocycles. The van der Waals surface area contributed by atoms with Crippen molar-refractivity contribution in [2.75, 3.05) is 36.8 Å². The molecule has 0 atom stereocenters. The summed E-state index contributed by atoms with van der Waals surface area (Å²) in [7, 11) is 0. The number of carbonyl (C=O) groups is 2. The lowest BCUT2D eigenvalue weighted by Gasteiger charge is -2.36. The molecule has 1 fully saturated rings. The number of hydrogen-bond acceptors (Lipinski definition) is 4. The third kappa shape index (κ3) is 4.67. The van der Waals surface area contributed by atoms with Gasteiger partial charge in [0, 0.05) is 36.6 Å². The van der Waals surface area contributed by atoms with Crippen molar-refractivity contribution in [1.82, 2.24) is 4.90 Å². The number of nitrogens with zero attached hydrogens (tertiary/aromatic N) is 2. The summed E-state index contributed by atoms with van der Waals surface area (Å²) < 4.78 is 40.5. The number of rotatable bonds is 5. The van der Waals surface area contributed by atoms with Gasteiger partial charge in [-0.2, -0.15) is 0 Å². The lowest BCUT2D eigenvalue weighted by atomic mass is 10.1. The van der Waals surface area contributed by atoms with Gasteiger partial charge in [-0.1, -0.05) is 0 Å². The summed E-state index contributed by atoms with van der Waals surface area (Å²) in [5, 5.41) is 0. The molecule has 3 rings (SSSR count). The van der Waals surface area contributed by atoms with Gasteiger partial charge in [-0.3, -0.25) is 9.59 Å². The Morgan fingerprint density at radius 2 is 1.64 bits per heavy atom. The smallest absolute Gasteiger partial charge is 0.233 e. The number of thioether (sulfide) groups is 1. The molecule has 1 saturated heterocycles. The molecule has 0 unspecified atom stereocenters. The molecule has 0 aliphatic carbocycles. The highest BCUT2D eigenvalue weighted by Gasteiger charge is 2.23. The Kier molecular flexibility index (Phi) is 6.28. The van der Waals surface area contributed by atoms with Crippen molar-refractivity contribution in [2.24, 2.45) is 0 Å². The minimum absolute atomic E-state index is 0.109. The first-order valence-corrected chi connectivity index (χ1v) is 9.75. The number of amides is 1. The second-order valence-electron chi connectivity index (χ2n) is 6.45. The van der Waals surface area contributed by atoms with E-state index in [0.717, 1.165) is 23.9 Å².